The second-order valence-corrected chi connectivity index (χ2v) is 18.3. The summed E-state index contributed by atoms with van der Waals surface area (Å²) in [4.78, 5) is 35.1. The number of rotatable bonds is 47. The van der Waals surface area contributed by atoms with Gasteiger partial charge >= 0.3 is 19.8 Å². The van der Waals surface area contributed by atoms with Crippen molar-refractivity contribution in [3.63, 3.8) is 0 Å². The van der Waals surface area contributed by atoms with Crippen molar-refractivity contribution in [2.75, 3.05) is 26.4 Å². The summed E-state index contributed by atoms with van der Waals surface area (Å²) in [5.74, 6) is -1.02. The molecular formula is C53H93O10P. The summed E-state index contributed by atoms with van der Waals surface area (Å²) in [5, 5.41) is 18.4. The maximum Gasteiger partial charge on any atom is 0.472 e. The van der Waals surface area contributed by atoms with Gasteiger partial charge in [0.05, 0.1) is 19.8 Å². The average Bonchev–Trinajstić information content (AvgIpc) is 3.28. The van der Waals surface area contributed by atoms with Crippen LogP contribution in [0.4, 0.5) is 0 Å². The summed E-state index contributed by atoms with van der Waals surface area (Å²) in [5.41, 5.74) is 0. The highest BCUT2D eigenvalue weighted by molar-refractivity contribution is 7.47. The number of ether oxygens (including phenoxy) is 2. The van der Waals surface area contributed by atoms with Gasteiger partial charge in [-0.05, 0) is 51.4 Å². The molecule has 3 N–H and O–H groups in total. The number of carbonyl (C=O) groups is 2. The number of hydrogen-bond acceptors (Lipinski definition) is 9. The van der Waals surface area contributed by atoms with Crippen molar-refractivity contribution >= 4 is 19.8 Å². The molecule has 0 fully saturated rings. The van der Waals surface area contributed by atoms with Crippen molar-refractivity contribution < 1.29 is 47.8 Å². The molecule has 0 aliphatic heterocycles. The molecule has 0 aromatic rings. The second-order valence-electron chi connectivity index (χ2n) is 16.8. The Kier molecular flexibility index (Phi) is 46.4. The minimum Gasteiger partial charge on any atom is -0.462 e. The molecule has 1 unspecified atom stereocenters. The number of aliphatic hydroxyl groups is 2. The van der Waals surface area contributed by atoms with E-state index in [-0.39, 0.29) is 19.4 Å². The Hall–Kier alpha value is -2.59. The van der Waals surface area contributed by atoms with E-state index < -0.39 is 51.8 Å². The van der Waals surface area contributed by atoms with Crippen LogP contribution in [-0.4, -0.2) is 65.7 Å². The van der Waals surface area contributed by atoms with E-state index in [0.29, 0.717) is 12.8 Å². The van der Waals surface area contributed by atoms with Crippen LogP contribution < -0.4 is 0 Å². The molecule has 0 aliphatic rings. The van der Waals surface area contributed by atoms with E-state index >= 15 is 0 Å². The maximum absolute atomic E-state index is 12.6. The lowest BCUT2D eigenvalue weighted by Crippen LogP contribution is -2.29. The predicted molar refractivity (Wildman–Crippen MR) is 265 cm³/mol. The van der Waals surface area contributed by atoms with Gasteiger partial charge in [-0.3, -0.25) is 18.6 Å². The number of allylic oxidation sites excluding steroid dienone is 12. The van der Waals surface area contributed by atoms with Gasteiger partial charge in [-0.1, -0.05) is 222 Å². The topological polar surface area (TPSA) is 149 Å². The van der Waals surface area contributed by atoms with Crippen molar-refractivity contribution in [3.05, 3.63) is 72.9 Å². The monoisotopic (exact) mass is 921 g/mol. The molecule has 0 aliphatic carbocycles. The largest absolute Gasteiger partial charge is 0.472 e. The Morgan fingerprint density at radius 1 is 0.484 bits per heavy atom. The second kappa shape index (κ2) is 48.3. The van der Waals surface area contributed by atoms with E-state index in [9.17, 15) is 24.2 Å². The molecule has 370 valence electrons. The smallest absolute Gasteiger partial charge is 0.462 e. The normalized spacial score (nSPS) is 14.3. The first-order chi connectivity index (χ1) is 31.2. The highest BCUT2D eigenvalue weighted by atomic mass is 31.2. The average molecular weight is 921 g/mol. The molecule has 0 aromatic heterocycles. The lowest BCUT2D eigenvalue weighted by molar-refractivity contribution is -0.161. The lowest BCUT2D eigenvalue weighted by atomic mass is 10.0. The van der Waals surface area contributed by atoms with Gasteiger partial charge < -0.3 is 24.6 Å². The van der Waals surface area contributed by atoms with Crippen LogP contribution in [0.15, 0.2) is 72.9 Å². The SMILES string of the molecule is CC/C=C/C/C=C/C/C=C/C/C=C/C/C=C/C/C=C/CCC(=O)O[C@H](COC(=O)CCCCCCCCCCCCCCCCCCCCCCCC)COP(=O)(O)OC[C@@H](O)CO. The van der Waals surface area contributed by atoms with Crippen LogP contribution in [0, 0.1) is 0 Å². The standard InChI is InChI=1S/C53H93O10P/c1-3-5-7-9-11-13-15-17-19-21-23-24-25-27-28-30-32-34-36-38-40-42-44-52(56)60-48-51(49-62-64(58,59)61-47-50(55)46-54)63-53(57)45-43-41-39-37-35-33-31-29-26-22-20-18-16-14-12-10-8-6-4-2/h6,8,12,14,18,20,26,29,33,35,39,41,50-51,54-55H,3-5,7,9-11,13,15-17,19,21-25,27-28,30-32,34,36-38,40,42-49H2,1-2H3,(H,58,59)/b8-6+,14-12+,20-18+,29-26+,35-33+,41-39+/t50-,51+/m0/s1. The lowest BCUT2D eigenvalue weighted by Gasteiger charge is -2.20. The summed E-state index contributed by atoms with van der Waals surface area (Å²) in [6.45, 7) is 2.21. The van der Waals surface area contributed by atoms with Gasteiger partial charge in [-0.2, -0.15) is 0 Å². The van der Waals surface area contributed by atoms with Crippen LogP contribution in [-0.2, 0) is 32.7 Å². The molecule has 0 amide bonds. The molecule has 0 bridgehead atoms. The Labute approximate surface area is 390 Å². The maximum atomic E-state index is 12.6. The molecule has 0 spiro atoms. The number of unbranched alkanes of at least 4 members (excludes halogenated alkanes) is 21. The van der Waals surface area contributed by atoms with Crippen molar-refractivity contribution in [1.29, 1.82) is 0 Å². The third-order valence-electron chi connectivity index (χ3n) is 10.6. The first-order valence-electron chi connectivity index (χ1n) is 25.4. The van der Waals surface area contributed by atoms with Crippen LogP contribution in [0.5, 0.6) is 0 Å². The fraction of sp³-hybridized carbons (Fsp3) is 0.736. The number of phosphoric ester groups is 1. The Morgan fingerprint density at radius 2 is 0.859 bits per heavy atom. The van der Waals surface area contributed by atoms with E-state index in [1.807, 2.05) is 12.2 Å². The van der Waals surface area contributed by atoms with Crippen LogP contribution in [0.1, 0.15) is 213 Å². The Morgan fingerprint density at radius 3 is 1.27 bits per heavy atom. The number of esters is 2. The first kappa shape index (κ1) is 61.4. The Balaban J connectivity index is 4.27. The molecular weight excluding hydrogens is 828 g/mol. The van der Waals surface area contributed by atoms with Gasteiger partial charge in [0.2, 0.25) is 0 Å². The van der Waals surface area contributed by atoms with Gasteiger partial charge in [0.25, 0.3) is 0 Å². The minimum absolute atomic E-state index is 0.0576. The first-order valence-corrected chi connectivity index (χ1v) is 26.9. The number of carbonyl (C=O) groups excluding carboxylic acids is 2. The van der Waals surface area contributed by atoms with Crippen LogP contribution in [0.2, 0.25) is 0 Å². The van der Waals surface area contributed by atoms with Gasteiger partial charge in [0.1, 0.15) is 12.7 Å². The van der Waals surface area contributed by atoms with E-state index in [2.05, 4.69) is 74.6 Å². The molecule has 0 saturated heterocycles. The van der Waals surface area contributed by atoms with Gasteiger partial charge in [0, 0.05) is 12.8 Å². The number of hydrogen-bond donors (Lipinski definition) is 3. The van der Waals surface area contributed by atoms with Crippen LogP contribution in [0.3, 0.4) is 0 Å². The summed E-state index contributed by atoms with van der Waals surface area (Å²) in [6, 6.07) is 0. The molecule has 3 atom stereocenters. The molecule has 0 saturated carbocycles. The predicted octanol–water partition coefficient (Wildman–Crippen LogP) is 14.4. The van der Waals surface area contributed by atoms with E-state index in [1.54, 1.807) is 0 Å². The van der Waals surface area contributed by atoms with E-state index in [0.717, 1.165) is 57.8 Å². The fourth-order valence-corrected chi connectivity index (χ4v) is 7.58. The van der Waals surface area contributed by atoms with Crippen LogP contribution in [0.25, 0.3) is 0 Å². The zero-order valence-corrected chi connectivity index (χ0v) is 41.4. The number of aliphatic hydroxyl groups excluding tert-OH is 2. The molecule has 0 aromatic carbocycles. The van der Waals surface area contributed by atoms with Crippen molar-refractivity contribution in [1.82, 2.24) is 0 Å². The van der Waals surface area contributed by atoms with Crippen molar-refractivity contribution in [2.45, 2.75) is 225 Å². The Bertz CT molecular complexity index is 1290. The molecule has 10 nitrogen and oxygen atoms in total. The number of phosphoric acid groups is 1. The van der Waals surface area contributed by atoms with Gasteiger partial charge in [-0.15, -0.1) is 0 Å². The third kappa shape index (κ3) is 47.4. The minimum atomic E-state index is -4.65. The molecule has 0 heterocycles. The van der Waals surface area contributed by atoms with Crippen LogP contribution >= 0.6 is 7.82 Å². The summed E-state index contributed by atoms with van der Waals surface area (Å²) in [6.07, 6.45) is 57.5. The molecule has 0 radical (unpaired) electrons. The van der Waals surface area contributed by atoms with E-state index in [4.69, 9.17) is 23.6 Å². The summed E-state index contributed by atoms with van der Waals surface area (Å²) in [7, 11) is -4.65. The third-order valence-corrected chi connectivity index (χ3v) is 11.6. The summed E-state index contributed by atoms with van der Waals surface area (Å²) >= 11 is 0. The summed E-state index contributed by atoms with van der Waals surface area (Å²) < 4.78 is 32.8. The van der Waals surface area contributed by atoms with Gasteiger partial charge in [-0.25, -0.2) is 4.57 Å². The molecule has 64 heavy (non-hydrogen) atoms. The highest BCUT2D eigenvalue weighted by Crippen LogP contribution is 2.43. The quantitative estimate of drug-likeness (QED) is 0.0233. The highest BCUT2D eigenvalue weighted by Gasteiger charge is 2.27. The zero-order valence-electron chi connectivity index (χ0n) is 40.5. The van der Waals surface area contributed by atoms with Crippen molar-refractivity contribution in [2.24, 2.45) is 0 Å². The van der Waals surface area contributed by atoms with E-state index in [1.165, 1.54) is 116 Å². The molecule has 11 heteroatoms. The van der Waals surface area contributed by atoms with Crippen molar-refractivity contribution in [3.8, 4) is 0 Å². The molecule has 0 rings (SSSR count). The van der Waals surface area contributed by atoms with Gasteiger partial charge in [0.15, 0.2) is 6.10 Å². The zero-order chi connectivity index (χ0) is 46.9. The fourth-order valence-electron chi connectivity index (χ4n) is 6.79.